The molecule has 0 amide bonds. The first kappa shape index (κ1) is 15.0. The summed E-state index contributed by atoms with van der Waals surface area (Å²) in [6.07, 6.45) is 0.915. The fraction of sp³-hybridized carbons (Fsp3) is 0.571. The van der Waals surface area contributed by atoms with Gasteiger partial charge in [0.2, 0.25) is 0 Å². The maximum atomic E-state index is 13.3. The Morgan fingerprint density at radius 1 is 1.11 bits per heavy atom. The van der Waals surface area contributed by atoms with Gasteiger partial charge >= 0.3 is 0 Å². The van der Waals surface area contributed by atoms with Gasteiger partial charge in [-0.1, -0.05) is 27.7 Å². The van der Waals surface area contributed by atoms with Gasteiger partial charge in [-0.05, 0) is 36.1 Å². The SMILES string of the molecule is CCCNC(c1cc(F)c(F)c(F)c1)C(C)(C)C. The monoisotopic (exact) mass is 259 g/mol. The summed E-state index contributed by atoms with van der Waals surface area (Å²) in [5, 5.41) is 3.24. The summed E-state index contributed by atoms with van der Waals surface area (Å²) in [6, 6.07) is 1.91. The van der Waals surface area contributed by atoms with Crippen LogP contribution in [0, 0.1) is 22.9 Å². The van der Waals surface area contributed by atoms with Crippen molar-refractivity contribution in [2.24, 2.45) is 5.41 Å². The van der Waals surface area contributed by atoms with Gasteiger partial charge < -0.3 is 5.32 Å². The minimum absolute atomic E-state index is 0.216. The van der Waals surface area contributed by atoms with Crippen LogP contribution in [0.5, 0.6) is 0 Å². The quantitative estimate of drug-likeness (QED) is 0.799. The Morgan fingerprint density at radius 2 is 1.61 bits per heavy atom. The Labute approximate surface area is 106 Å². The van der Waals surface area contributed by atoms with Gasteiger partial charge in [-0.15, -0.1) is 0 Å². The number of hydrogen-bond acceptors (Lipinski definition) is 1. The Bertz CT molecular complexity index is 387. The summed E-state index contributed by atoms with van der Waals surface area (Å²) >= 11 is 0. The molecule has 0 aromatic heterocycles. The minimum Gasteiger partial charge on any atom is -0.309 e. The van der Waals surface area contributed by atoms with Crippen molar-refractivity contribution in [1.29, 1.82) is 0 Å². The Kier molecular flexibility index (Phi) is 4.79. The highest BCUT2D eigenvalue weighted by molar-refractivity contribution is 5.24. The Morgan fingerprint density at radius 3 is 2.00 bits per heavy atom. The summed E-state index contributed by atoms with van der Waals surface area (Å²) in [5.74, 6) is -3.70. The van der Waals surface area contributed by atoms with Crippen LogP contribution in [-0.2, 0) is 0 Å². The van der Waals surface area contributed by atoms with Gasteiger partial charge in [0.15, 0.2) is 17.5 Å². The molecule has 1 aromatic rings. The van der Waals surface area contributed by atoms with Crippen molar-refractivity contribution in [3.63, 3.8) is 0 Å². The molecule has 1 N–H and O–H groups in total. The van der Waals surface area contributed by atoms with Crippen LogP contribution >= 0.6 is 0 Å². The topological polar surface area (TPSA) is 12.0 Å². The van der Waals surface area contributed by atoms with E-state index >= 15 is 0 Å². The average Bonchev–Trinajstić information content (AvgIpc) is 2.24. The van der Waals surface area contributed by atoms with E-state index in [2.05, 4.69) is 5.32 Å². The molecule has 0 radical (unpaired) electrons. The summed E-state index contributed by atoms with van der Waals surface area (Å²) in [4.78, 5) is 0. The molecular formula is C14H20F3N. The average molecular weight is 259 g/mol. The van der Waals surface area contributed by atoms with E-state index in [4.69, 9.17) is 0 Å². The van der Waals surface area contributed by atoms with Crippen molar-refractivity contribution in [1.82, 2.24) is 5.32 Å². The van der Waals surface area contributed by atoms with Gasteiger partial charge in [0.1, 0.15) is 0 Å². The van der Waals surface area contributed by atoms with Crippen molar-refractivity contribution >= 4 is 0 Å². The lowest BCUT2D eigenvalue weighted by Crippen LogP contribution is -2.33. The van der Waals surface area contributed by atoms with Crippen molar-refractivity contribution in [3.05, 3.63) is 35.1 Å². The lowest BCUT2D eigenvalue weighted by Gasteiger charge is -2.32. The molecule has 102 valence electrons. The zero-order valence-corrected chi connectivity index (χ0v) is 11.3. The second-order valence-electron chi connectivity index (χ2n) is 5.55. The van der Waals surface area contributed by atoms with Gasteiger partial charge in [0, 0.05) is 6.04 Å². The molecule has 1 rings (SSSR count). The van der Waals surface area contributed by atoms with Crippen LogP contribution in [0.3, 0.4) is 0 Å². The standard InChI is InChI=1S/C14H20F3N/c1-5-6-18-13(14(2,3)4)9-7-10(15)12(17)11(16)8-9/h7-8,13,18H,5-6H2,1-4H3. The molecule has 0 fully saturated rings. The van der Waals surface area contributed by atoms with Crippen LogP contribution in [0.1, 0.15) is 45.7 Å². The van der Waals surface area contributed by atoms with Crippen LogP contribution < -0.4 is 5.32 Å². The van der Waals surface area contributed by atoms with Crippen LogP contribution in [0.15, 0.2) is 12.1 Å². The molecule has 1 unspecified atom stereocenters. The highest BCUT2D eigenvalue weighted by Gasteiger charge is 2.27. The lowest BCUT2D eigenvalue weighted by molar-refractivity contribution is 0.271. The zero-order chi connectivity index (χ0) is 13.9. The van der Waals surface area contributed by atoms with Crippen LogP contribution in [-0.4, -0.2) is 6.54 Å². The van der Waals surface area contributed by atoms with Gasteiger partial charge in [0.25, 0.3) is 0 Å². The van der Waals surface area contributed by atoms with Crippen molar-refractivity contribution in [2.45, 2.75) is 40.2 Å². The Balaban J connectivity index is 3.13. The summed E-state index contributed by atoms with van der Waals surface area (Å²) in [7, 11) is 0. The number of benzene rings is 1. The molecule has 1 atom stereocenters. The van der Waals surface area contributed by atoms with Crippen molar-refractivity contribution < 1.29 is 13.2 Å². The molecule has 1 nitrogen and oxygen atoms in total. The van der Waals surface area contributed by atoms with E-state index in [1.54, 1.807) is 0 Å². The van der Waals surface area contributed by atoms with E-state index in [1.807, 2.05) is 27.7 Å². The molecule has 18 heavy (non-hydrogen) atoms. The van der Waals surface area contributed by atoms with Crippen LogP contribution in [0.2, 0.25) is 0 Å². The molecule has 0 bridgehead atoms. The number of halogens is 3. The molecule has 0 saturated carbocycles. The van der Waals surface area contributed by atoms with Crippen LogP contribution in [0.25, 0.3) is 0 Å². The van der Waals surface area contributed by atoms with E-state index in [0.717, 1.165) is 25.1 Å². The highest BCUT2D eigenvalue weighted by atomic mass is 19.2. The number of nitrogens with one attached hydrogen (secondary N) is 1. The normalized spacial score (nSPS) is 13.7. The number of rotatable bonds is 4. The third-order valence-electron chi connectivity index (χ3n) is 2.80. The summed E-state index contributed by atoms with van der Waals surface area (Å²) < 4.78 is 39.5. The lowest BCUT2D eigenvalue weighted by atomic mass is 9.82. The maximum Gasteiger partial charge on any atom is 0.194 e. The maximum absolute atomic E-state index is 13.3. The largest absolute Gasteiger partial charge is 0.309 e. The van der Waals surface area contributed by atoms with Gasteiger partial charge in [0.05, 0.1) is 0 Å². The number of hydrogen-bond donors (Lipinski definition) is 1. The summed E-state index contributed by atoms with van der Waals surface area (Å²) in [5.41, 5.74) is 0.221. The first-order valence-corrected chi connectivity index (χ1v) is 6.15. The first-order valence-electron chi connectivity index (χ1n) is 6.15. The predicted octanol–water partition coefficient (Wildman–Crippen LogP) is 4.19. The van der Waals surface area contributed by atoms with Crippen molar-refractivity contribution in [2.75, 3.05) is 6.54 Å². The molecule has 0 aliphatic rings. The highest BCUT2D eigenvalue weighted by Crippen LogP contribution is 2.33. The fourth-order valence-corrected chi connectivity index (χ4v) is 1.95. The molecule has 0 aliphatic heterocycles. The molecule has 0 saturated heterocycles. The van der Waals surface area contributed by atoms with E-state index in [0.29, 0.717) is 5.56 Å². The summed E-state index contributed by atoms with van der Waals surface area (Å²) in [6.45, 7) is 8.67. The van der Waals surface area contributed by atoms with E-state index in [9.17, 15) is 13.2 Å². The zero-order valence-electron chi connectivity index (χ0n) is 11.3. The second kappa shape index (κ2) is 5.74. The van der Waals surface area contributed by atoms with Gasteiger partial charge in [-0.3, -0.25) is 0 Å². The fourth-order valence-electron chi connectivity index (χ4n) is 1.95. The molecule has 1 aromatic carbocycles. The molecule has 0 heterocycles. The molecule has 4 heteroatoms. The Hall–Kier alpha value is -1.03. The predicted molar refractivity (Wildman–Crippen MR) is 66.8 cm³/mol. The first-order chi connectivity index (χ1) is 8.27. The minimum atomic E-state index is -1.41. The third kappa shape index (κ3) is 3.48. The third-order valence-corrected chi connectivity index (χ3v) is 2.80. The van der Waals surface area contributed by atoms with Crippen molar-refractivity contribution in [3.8, 4) is 0 Å². The molecule has 0 spiro atoms. The molecule has 0 aliphatic carbocycles. The second-order valence-corrected chi connectivity index (χ2v) is 5.55. The van der Waals surface area contributed by atoms with Crippen LogP contribution in [0.4, 0.5) is 13.2 Å². The van der Waals surface area contributed by atoms with E-state index < -0.39 is 17.5 Å². The van der Waals surface area contributed by atoms with E-state index in [1.165, 1.54) is 0 Å². The van der Waals surface area contributed by atoms with Gasteiger partial charge in [-0.25, -0.2) is 13.2 Å². The van der Waals surface area contributed by atoms with Gasteiger partial charge in [-0.2, -0.15) is 0 Å². The molecular weight excluding hydrogens is 239 g/mol. The smallest absolute Gasteiger partial charge is 0.194 e. The van der Waals surface area contributed by atoms with E-state index in [-0.39, 0.29) is 11.5 Å².